The van der Waals surface area contributed by atoms with Crippen LogP contribution in [0.1, 0.15) is 16.8 Å². The number of rotatable bonds is 4. The molecule has 1 aliphatic heterocycles. The van der Waals surface area contributed by atoms with Gasteiger partial charge in [0.1, 0.15) is 5.82 Å². The minimum absolute atomic E-state index is 0.000563. The molecule has 0 amide bonds. The molecular formula is C14H19FN2O3. The number of aliphatic hydroxyl groups excluding tert-OH is 1. The van der Waals surface area contributed by atoms with Crippen molar-refractivity contribution in [2.45, 2.75) is 6.42 Å². The largest absolute Gasteiger partial charge is 0.478 e. The smallest absolute Gasteiger partial charge is 0.337 e. The number of hydrogen-bond acceptors (Lipinski definition) is 4. The summed E-state index contributed by atoms with van der Waals surface area (Å²) in [5.74, 6) is -1.61. The molecule has 6 heteroatoms. The molecule has 0 spiro atoms. The van der Waals surface area contributed by atoms with Crippen molar-refractivity contribution in [3.8, 4) is 0 Å². The van der Waals surface area contributed by atoms with Gasteiger partial charge in [-0.1, -0.05) is 6.07 Å². The molecule has 1 saturated heterocycles. The van der Waals surface area contributed by atoms with E-state index in [1.165, 1.54) is 18.2 Å². The zero-order chi connectivity index (χ0) is 14.5. The van der Waals surface area contributed by atoms with Gasteiger partial charge in [0, 0.05) is 26.2 Å². The Balaban J connectivity index is 2.21. The molecule has 1 fully saturated rings. The third-order valence-corrected chi connectivity index (χ3v) is 3.54. The first-order valence-electron chi connectivity index (χ1n) is 6.73. The maximum atomic E-state index is 14.0. The fourth-order valence-electron chi connectivity index (χ4n) is 2.57. The summed E-state index contributed by atoms with van der Waals surface area (Å²) in [6.07, 6.45) is 0.813. The van der Waals surface area contributed by atoms with Gasteiger partial charge >= 0.3 is 5.97 Å². The second-order valence-electron chi connectivity index (χ2n) is 4.85. The van der Waals surface area contributed by atoms with E-state index in [2.05, 4.69) is 4.90 Å². The van der Waals surface area contributed by atoms with Crippen molar-refractivity contribution in [2.75, 3.05) is 44.2 Å². The maximum absolute atomic E-state index is 14.0. The Kier molecular flexibility index (Phi) is 4.92. The topological polar surface area (TPSA) is 64.0 Å². The van der Waals surface area contributed by atoms with Gasteiger partial charge in [-0.15, -0.1) is 0 Å². The zero-order valence-corrected chi connectivity index (χ0v) is 11.3. The number of carboxylic acids is 1. The molecule has 1 aromatic carbocycles. The van der Waals surface area contributed by atoms with Crippen molar-refractivity contribution in [2.24, 2.45) is 0 Å². The molecule has 0 aromatic heterocycles. The number of anilines is 1. The molecule has 2 rings (SSSR count). The van der Waals surface area contributed by atoms with Crippen LogP contribution in [0.25, 0.3) is 0 Å². The summed E-state index contributed by atoms with van der Waals surface area (Å²) in [6, 6.07) is 4.13. The Morgan fingerprint density at radius 1 is 1.25 bits per heavy atom. The highest BCUT2D eigenvalue weighted by Gasteiger charge is 2.22. The number of halogens is 1. The Bertz CT molecular complexity index is 481. The van der Waals surface area contributed by atoms with Gasteiger partial charge < -0.3 is 15.1 Å². The third kappa shape index (κ3) is 3.26. The third-order valence-electron chi connectivity index (χ3n) is 3.54. The number of aromatic carboxylic acids is 1. The molecule has 0 bridgehead atoms. The predicted octanol–water partition coefficient (Wildman–Crippen LogP) is 1.03. The van der Waals surface area contributed by atoms with Crippen LogP contribution < -0.4 is 4.90 Å². The van der Waals surface area contributed by atoms with E-state index in [9.17, 15) is 14.3 Å². The first-order chi connectivity index (χ1) is 9.63. The van der Waals surface area contributed by atoms with E-state index in [1.54, 1.807) is 4.90 Å². The van der Waals surface area contributed by atoms with E-state index in [4.69, 9.17) is 5.11 Å². The number of aliphatic hydroxyl groups is 1. The molecule has 0 unspecified atom stereocenters. The molecule has 0 radical (unpaired) electrons. The molecular weight excluding hydrogens is 263 g/mol. The summed E-state index contributed by atoms with van der Waals surface area (Å²) in [4.78, 5) is 15.1. The second kappa shape index (κ2) is 6.67. The number of hydrogen-bond donors (Lipinski definition) is 2. The van der Waals surface area contributed by atoms with Crippen LogP contribution in [0.5, 0.6) is 0 Å². The van der Waals surface area contributed by atoms with Gasteiger partial charge in [-0.25, -0.2) is 9.18 Å². The summed E-state index contributed by atoms with van der Waals surface area (Å²) in [5.41, 5.74) is 0.173. The summed E-state index contributed by atoms with van der Waals surface area (Å²) < 4.78 is 14.0. The van der Waals surface area contributed by atoms with Crippen molar-refractivity contribution in [3.63, 3.8) is 0 Å². The average molecular weight is 282 g/mol. The second-order valence-corrected chi connectivity index (χ2v) is 4.85. The number of carboxylic acid groups (broad SMARTS) is 1. The zero-order valence-electron chi connectivity index (χ0n) is 11.3. The van der Waals surface area contributed by atoms with Crippen LogP contribution in [0, 0.1) is 5.82 Å². The van der Waals surface area contributed by atoms with Crippen molar-refractivity contribution >= 4 is 11.7 Å². The number of β-amino-alcohol motifs (C(OH)–C–C–N with tert-alkyl or cyclic N) is 1. The highest BCUT2D eigenvalue weighted by Crippen LogP contribution is 2.25. The van der Waals surface area contributed by atoms with Crippen molar-refractivity contribution in [3.05, 3.63) is 29.6 Å². The summed E-state index contributed by atoms with van der Waals surface area (Å²) in [6.45, 7) is 3.38. The lowest BCUT2D eigenvalue weighted by molar-refractivity contribution is 0.0697. The van der Waals surface area contributed by atoms with E-state index < -0.39 is 11.8 Å². The van der Waals surface area contributed by atoms with E-state index in [1.807, 2.05) is 0 Å². The lowest BCUT2D eigenvalue weighted by Crippen LogP contribution is -2.33. The number of benzene rings is 1. The molecule has 1 aromatic rings. The predicted molar refractivity (Wildman–Crippen MR) is 73.7 cm³/mol. The number of carbonyl (C=O) groups is 1. The molecule has 110 valence electrons. The van der Waals surface area contributed by atoms with Crippen molar-refractivity contribution in [1.82, 2.24) is 4.90 Å². The minimum atomic E-state index is -1.11. The molecule has 0 aliphatic carbocycles. The van der Waals surface area contributed by atoms with Crippen LogP contribution in [0.3, 0.4) is 0 Å². The first kappa shape index (κ1) is 14.7. The van der Waals surface area contributed by atoms with Gasteiger partial charge in [-0.05, 0) is 25.1 Å². The quantitative estimate of drug-likeness (QED) is 0.863. The Labute approximate surface area is 117 Å². The van der Waals surface area contributed by atoms with Crippen LogP contribution in [-0.2, 0) is 0 Å². The lowest BCUT2D eigenvalue weighted by Gasteiger charge is -2.25. The molecule has 0 atom stereocenters. The molecule has 1 aliphatic rings. The van der Waals surface area contributed by atoms with E-state index in [0.717, 1.165) is 13.0 Å². The summed E-state index contributed by atoms with van der Waals surface area (Å²) in [7, 11) is 0. The van der Waals surface area contributed by atoms with E-state index >= 15 is 0 Å². The Morgan fingerprint density at radius 2 is 2.05 bits per heavy atom. The number of para-hydroxylation sites is 1. The van der Waals surface area contributed by atoms with Gasteiger partial charge in [0.15, 0.2) is 0 Å². The van der Waals surface area contributed by atoms with Crippen molar-refractivity contribution in [1.29, 1.82) is 0 Å². The fourth-order valence-corrected chi connectivity index (χ4v) is 2.57. The van der Waals surface area contributed by atoms with Crippen LogP contribution in [0.15, 0.2) is 18.2 Å². The summed E-state index contributed by atoms with van der Waals surface area (Å²) in [5, 5.41) is 18.2. The summed E-state index contributed by atoms with van der Waals surface area (Å²) >= 11 is 0. The average Bonchev–Trinajstić information content (AvgIpc) is 2.64. The van der Waals surface area contributed by atoms with Crippen LogP contribution in [0.2, 0.25) is 0 Å². The van der Waals surface area contributed by atoms with Gasteiger partial charge in [0.05, 0.1) is 17.9 Å². The lowest BCUT2D eigenvalue weighted by atomic mass is 10.1. The molecule has 5 nitrogen and oxygen atoms in total. The molecule has 0 saturated carbocycles. The standard InChI is InChI=1S/C14H19FN2O3/c15-12-4-1-3-11(14(19)20)13(12)17-6-2-5-16(7-8-17)9-10-18/h1,3-4,18H,2,5-10H2,(H,19,20). The normalized spacial score (nSPS) is 17.0. The van der Waals surface area contributed by atoms with Gasteiger partial charge in [0.25, 0.3) is 0 Å². The maximum Gasteiger partial charge on any atom is 0.337 e. The van der Waals surface area contributed by atoms with E-state index in [-0.39, 0.29) is 17.9 Å². The Morgan fingerprint density at radius 3 is 2.75 bits per heavy atom. The minimum Gasteiger partial charge on any atom is -0.478 e. The van der Waals surface area contributed by atoms with Crippen LogP contribution in [-0.4, -0.2) is 60.4 Å². The monoisotopic (exact) mass is 282 g/mol. The molecule has 20 heavy (non-hydrogen) atoms. The Hall–Kier alpha value is -1.66. The highest BCUT2D eigenvalue weighted by atomic mass is 19.1. The van der Waals surface area contributed by atoms with Crippen LogP contribution >= 0.6 is 0 Å². The highest BCUT2D eigenvalue weighted by molar-refractivity contribution is 5.94. The number of nitrogens with zero attached hydrogens (tertiary/aromatic N) is 2. The van der Waals surface area contributed by atoms with Crippen LogP contribution in [0.4, 0.5) is 10.1 Å². The van der Waals surface area contributed by atoms with Gasteiger partial charge in [-0.3, -0.25) is 4.90 Å². The molecule has 1 heterocycles. The fraction of sp³-hybridized carbons (Fsp3) is 0.500. The van der Waals surface area contributed by atoms with Gasteiger partial charge in [-0.2, -0.15) is 0 Å². The first-order valence-corrected chi connectivity index (χ1v) is 6.73. The van der Waals surface area contributed by atoms with Crippen molar-refractivity contribution < 1.29 is 19.4 Å². The molecule has 2 N–H and O–H groups in total. The van der Waals surface area contributed by atoms with Gasteiger partial charge in [0.2, 0.25) is 0 Å². The van der Waals surface area contributed by atoms with E-state index in [0.29, 0.717) is 26.2 Å². The SMILES string of the molecule is O=C(O)c1cccc(F)c1N1CCCN(CCO)CC1.